The van der Waals surface area contributed by atoms with Crippen LogP contribution in [0.25, 0.3) is 5.82 Å². The molecule has 4 heterocycles. The summed E-state index contributed by atoms with van der Waals surface area (Å²) in [7, 11) is 1.30. The minimum Gasteiger partial charge on any atom is -0.486 e. The van der Waals surface area contributed by atoms with Gasteiger partial charge in [-0.25, -0.2) is 14.6 Å². The first kappa shape index (κ1) is 24.0. The molecule has 0 unspecified atom stereocenters. The Hall–Kier alpha value is -4.10. The number of aromatic nitrogens is 8. The van der Waals surface area contributed by atoms with Crippen molar-refractivity contribution in [2.45, 2.75) is 57.9 Å². The molecule has 0 N–H and O–H groups in total. The van der Waals surface area contributed by atoms with Gasteiger partial charge in [-0.15, -0.1) is 5.10 Å². The number of pyridine rings is 1. The van der Waals surface area contributed by atoms with Crippen molar-refractivity contribution in [3.8, 4) is 11.6 Å². The van der Waals surface area contributed by atoms with E-state index in [1.165, 1.54) is 23.0 Å². The van der Waals surface area contributed by atoms with Crippen molar-refractivity contribution in [1.29, 1.82) is 0 Å². The average molecular weight is 486 g/mol. The number of methoxy groups -OCH3 is 1. The fraction of sp³-hybridized carbons (Fsp3) is 0.524. The van der Waals surface area contributed by atoms with Crippen LogP contribution in [0, 0.1) is 0 Å². The Morgan fingerprint density at radius 1 is 1.20 bits per heavy atom. The molecule has 1 aliphatic heterocycles. The van der Waals surface area contributed by atoms with E-state index >= 15 is 0 Å². The minimum absolute atomic E-state index is 0.184. The fourth-order valence-electron chi connectivity index (χ4n) is 3.62. The number of likely N-dealkylation sites (tertiary alicyclic amines) is 1. The molecule has 0 saturated carbocycles. The number of tetrazole rings is 1. The Kier molecular flexibility index (Phi) is 6.89. The second kappa shape index (κ2) is 10.0. The van der Waals surface area contributed by atoms with Gasteiger partial charge >= 0.3 is 12.1 Å². The van der Waals surface area contributed by atoms with Gasteiger partial charge in [-0.3, -0.25) is 4.90 Å². The van der Waals surface area contributed by atoms with Crippen LogP contribution in [0.3, 0.4) is 0 Å². The maximum absolute atomic E-state index is 12.6. The number of ether oxygens (including phenoxy) is 3. The summed E-state index contributed by atoms with van der Waals surface area (Å²) in [6, 6.07) is 2.50. The number of amides is 1. The highest BCUT2D eigenvalue weighted by Crippen LogP contribution is 2.28. The van der Waals surface area contributed by atoms with E-state index in [9.17, 15) is 9.59 Å². The maximum atomic E-state index is 12.6. The Labute approximate surface area is 201 Å². The van der Waals surface area contributed by atoms with Crippen LogP contribution in [0.5, 0.6) is 5.75 Å². The summed E-state index contributed by atoms with van der Waals surface area (Å²) in [4.78, 5) is 32.3. The molecule has 186 valence electrons. The highest BCUT2D eigenvalue weighted by atomic mass is 16.6. The van der Waals surface area contributed by atoms with Crippen molar-refractivity contribution in [3.63, 3.8) is 0 Å². The summed E-state index contributed by atoms with van der Waals surface area (Å²) < 4.78 is 17.6. The molecule has 3 aromatic rings. The van der Waals surface area contributed by atoms with Crippen molar-refractivity contribution < 1.29 is 23.8 Å². The first-order chi connectivity index (χ1) is 16.7. The SMILES string of the molecule is COC(=O)[C@@H]1C[C@@H](n2ncc(COc3ccc(-n4cnnn4)nc3)n2)CCN1C(=O)OC(C)(C)C. The van der Waals surface area contributed by atoms with Gasteiger partial charge in [0.25, 0.3) is 0 Å². The summed E-state index contributed by atoms with van der Waals surface area (Å²) in [5.41, 5.74) is -0.0602. The van der Waals surface area contributed by atoms with Crippen LogP contribution >= 0.6 is 0 Å². The summed E-state index contributed by atoms with van der Waals surface area (Å²) in [6.07, 6.45) is 4.94. The lowest BCUT2D eigenvalue weighted by Gasteiger charge is -2.37. The van der Waals surface area contributed by atoms with Gasteiger partial charge < -0.3 is 14.2 Å². The van der Waals surface area contributed by atoms with E-state index in [0.717, 1.165) is 0 Å². The highest BCUT2D eigenvalue weighted by molar-refractivity contribution is 5.81. The number of hydrogen-bond acceptors (Lipinski definition) is 11. The molecule has 2 atom stereocenters. The molecule has 0 spiro atoms. The predicted octanol–water partition coefficient (Wildman–Crippen LogP) is 1.34. The van der Waals surface area contributed by atoms with Crippen molar-refractivity contribution >= 4 is 12.1 Å². The second-order valence-electron chi connectivity index (χ2n) is 8.94. The molecule has 1 amide bonds. The third kappa shape index (κ3) is 5.88. The molecule has 0 aliphatic carbocycles. The van der Waals surface area contributed by atoms with E-state index in [1.54, 1.807) is 50.1 Å². The van der Waals surface area contributed by atoms with E-state index in [2.05, 4.69) is 30.7 Å². The molecule has 1 fully saturated rings. The quantitative estimate of drug-likeness (QED) is 0.465. The lowest BCUT2D eigenvalue weighted by molar-refractivity contribution is -0.148. The topological polar surface area (TPSA) is 152 Å². The minimum atomic E-state index is -0.788. The van der Waals surface area contributed by atoms with Gasteiger partial charge in [0.05, 0.1) is 25.5 Å². The number of rotatable bonds is 6. The van der Waals surface area contributed by atoms with Gasteiger partial charge in [0.2, 0.25) is 0 Å². The van der Waals surface area contributed by atoms with Gasteiger partial charge in [0.15, 0.2) is 5.82 Å². The average Bonchev–Trinajstić information content (AvgIpc) is 3.54. The van der Waals surface area contributed by atoms with Gasteiger partial charge in [-0.1, -0.05) is 0 Å². The van der Waals surface area contributed by atoms with Gasteiger partial charge in [0, 0.05) is 13.0 Å². The molecule has 14 nitrogen and oxygen atoms in total. The number of esters is 1. The molecule has 1 saturated heterocycles. The summed E-state index contributed by atoms with van der Waals surface area (Å²) in [5.74, 6) is 0.605. The molecule has 3 aromatic heterocycles. The number of hydrogen-bond donors (Lipinski definition) is 0. The molecule has 0 aromatic carbocycles. The molecular weight excluding hydrogens is 458 g/mol. The van der Waals surface area contributed by atoms with E-state index in [0.29, 0.717) is 36.6 Å². The third-order valence-corrected chi connectivity index (χ3v) is 5.25. The van der Waals surface area contributed by atoms with E-state index in [4.69, 9.17) is 14.2 Å². The van der Waals surface area contributed by atoms with E-state index in [1.807, 2.05) is 0 Å². The monoisotopic (exact) mass is 485 g/mol. The smallest absolute Gasteiger partial charge is 0.411 e. The molecule has 14 heteroatoms. The summed E-state index contributed by atoms with van der Waals surface area (Å²) >= 11 is 0. The Morgan fingerprint density at radius 3 is 2.69 bits per heavy atom. The third-order valence-electron chi connectivity index (χ3n) is 5.25. The second-order valence-corrected chi connectivity index (χ2v) is 8.94. The maximum Gasteiger partial charge on any atom is 0.411 e. The summed E-state index contributed by atoms with van der Waals surface area (Å²) in [6.45, 7) is 5.83. The van der Waals surface area contributed by atoms with Crippen LogP contribution in [-0.2, 0) is 20.9 Å². The van der Waals surface area contributed by atoms with Gasteiger partial charge in [-0.05, 0) is 49.8 Å². The van der Waals surface area contributed by atoms with Crippen LogP contribution in [0.2, 0.25) is 0 Å². The largest absolute Gasteiger partial charge is 0.486 e. The zero-order chi connectivity index (χ0) is 25.0. The van der Waals surface area contributed by atoms with Crippen molar-refractivity contribution in [2.24, 2.45) is 0 Å². The van der Waals surface area contributed by atoms with Crippen LogP contribution in [0.15, 0.2) is 30.9 Å². The lowest BCUT2D eigenvalue weighted by atomic mass is 9.98. The molecule has 35 heavy (non-hydrogen) atoms. The first-order valence-corrected chi connectivity index (χ1v) is 11.0. The summed E-state index contributed by atoms with van der Waals surface area (Å²) in [5, 5.41) is 19.8. The fourth-order valence-corrected chi connectivity index (χ4v) is 3.62. The Bertz CT molecular complexity index is 1140. The Balaban J connectivity index is 1.37. The zero-order valence-electron chi connectivity index (χ0n) is 19.9. The van der Waals surface area contributed by atoms with Crippen LogP contribution in [-0.4, -0.2) is 82.4 Å². The normalized spacial score (nSPS) is 18.2. The first-order valence-electron chi connectivity index (χ1n) is 11.0. The number of carbonyl (C=O) groups excluding carboxylic acids is 2. The van der Waals surface area contributed by atoms with Crippen molar-refractivity contribution in [2.75, 3.05) is 13.7 Å². The zero-order valence-corrected chi connectivity index (χ0v) is 19.9. The highest BCUT2D eigenvalue weighted by Gasteiger charge is 2.40. The molecular formula is C21H27N9O5. The number of carbonyl (C=O) groups is 2. The molecule has 4 rings (SSSR count). The predicted molar refractivity (Wildman–Crippen MR) is 118 cm³/mol. The number of nitrogens with zero attached hydrogens (tertiary/aromatic N) is 9. The van der Waals surface area contributed by atoms with Crippen LogP contribution in [0.1, 0.15) is 45.3 Å². The molecule has 1 aliphatic rings. The van der Waals surface area contributed by atoms with Crippen molar-refractivity contribution in [1.82, 2.24) is 45.1 Å². The van der Waals surface area contributed by atoms with Crippen molar-refractivity contribution in [3.05, 3.63) is 36.5 Å². The standard InChI is InChI=1S/C21H27N9O5/c1-21(2,3)35-20(32)28-8-7-15(9-17(28)19(31)33-4)30-24-10-14(25-30)12-34-16-5-6-18(22-11-16)29-13-23-26-27-29/h5-6,10-11,13,15,17H,7-9,12H2,1-4H3/t15-,17-/m0/s1. The number of piperidine rings is 1. The lowest BCUT2D eigenvalue weighted by Crippen LogP contribution is -2.52. The van der Waals surface area contributed by atoms with Gasteiger partial charge in [-0.2, -0.15) is 19.7 Å². The van der Waals surface area contributed by atoms with Gasteiger partial charge in [0.1, 0.15) is 36.0 Å². The molecule has 0 bridgehead atoms. The van der Waals surface area contributed by atoms with E-state index < -0.39 is 23.7 Å². The van der Waals surface area contributed by atoms with Crippen LogP contribution in [0.4, 0.5) is 4.79 Å². The van der Waals surface area contributed by atoms with Crippen LogP contribution < -0.4 is 4.74 Å². The van der Waals surface area contributed by atoms with E-state index in [-0.39, 0.29) is 12.6 Å². The Morgan fingerprint density at radius 2 is 2.03 bits per heavy atom. The molecule has 0 radical (unpaired) electrons.